The minimum atomic E-state index is 0.690. The fourth-order valence-electron chi connectivity index (χ4n) is 3.17. The van der Waals surface area contributed by atoms with Gasteiger partial charge in [0.1, 0.15) is 5.75 Å². The van der Waals surface area contributed by atoms with Gasteiger partial charge in [0, 0.05) is 0 Å². The van der Waals surface area contributed by atoms with E-state index < -0.39 is 0 Å². The Hall–Kier alpha value is -1.02. The lowest BCUT2D eigenvalue weighted by Gasteiger charge is -2.25. The highest BCUT2D eigenvalue weighted by Crippen LogP contribution is 2.37. The Balaban J connectivity index is 2.63. The van der Waals surface area contributed by atoms with Crippen molar-refractivity contribution in [1.29, 1.82) is 0 Å². The van der Waals surface area contributed by atoms with Crippen LogP contribution in [-0.2, 0) is 19.3 Å². The summed E-state index contributed by atoms with van der Waals surface area (Å²) in [5, 5.41) is 0. The standard InChI is InChI=1S/C15H23NO/c1-10-12-6-4-5-7-13(12)11(2)15(17-3)14(10)8-9-16/h4-9,16H2,1-3H3. The molecule has 2 N–H and O–H groups in total. The van der Waals surface area contributed by atoms with Crippen LogP contribution in [0.3, 0.4) is 0 Å². The zero-order valence-electron chi connectivity index (χ0n) is 11.2. The Morgan fingerprint density at radius 2 is 1.65 bits per heavy atom. The van der Waals surface area contributed by atoms with Gasteiger partial charge in [0.2, 0.25) is 0 Å². The van der Waals surface area contributed by atoms with Gasteiger partial charge >= 0.3 is 0 Å². The van der Waals surface area contributed by atoms with E-state index in [0.29, 0.717) is 6.54 Å². The molecule has 2 rings (SSSR count). The predicted molar refractivity (Wildman–Crippen MR) is 71.9 cm³/mol. The van der Waals surface area contributed by atoms with E-state index in [1.165, 1.54) is 47.9 Å². The highest BCUT2D eigenvalue weighted by Gasteiger charge is 2.21. The first kappa shape index (κ1) is 12.4. The van der Waals surface area contributed by atoms with Crippen LogP contribution in [0.5, 0.6) is 5.75 Å². The maximum atomic E-state index is 5.72. The minimum Gasteiger partial charge on any atom is -0.496 e. The monoisotopic (exact) mass is 233 g/mol. The molecule has 0 saturated carbocycles. The molecule has 0 amide bonds. The van der Waals surface area contributed by atoms with E-state index in [-0.39, 0.29) is 0 Å². The molecule has 1 aliphatic carbocycles. The first-order valence-corrected chi connectivity index (χ1v) is 6.58. The Morgan fingerprint density at radius 1 is 1.06 bits per heavy atom. The van der Waals surface area contributed by atoms with E-state index in [1.54, 1.807) is 12.7 Å². The summed E-state index contributed by atoms with van der Waals surface area (Å²) < 4.78 is 5.62. The topological polar surface area (TPSA) is 35.2 Å². The summed E-state index contributed by atoms with van der Waals surface area (Å²) in [5.74, 6) is 1.08. The third-order valence-corrected chi connectivity index (χ3v) is 4.04. The van der Waals surface area contributed by atoms with Crippen molar-refractivity contribution >= 4 is 0 Å². The molecule has 1 aromatic rings. The highest BCUT2D eigenvalue weighted by molar-refractivity contribution is 5.55. The molecule has 0 fully saturated rings. The fraction of sp³-hybridized carbons (Fsp3) is 0.600. The van der Waals surface area contributed by atoms with Crippen LogP contribution in [0.2, 0.25) is 0 Å². The van der Waals surface area contributed by atoms with Crippen molar-refractivity contribution in [2.24, 2.45) is 5.73 Å². The first-order chi connectivity index (χ1) is 8.20. The fourth-order valence-corrected chi connectivity index (χ4v) is 3.17. The molecule has 0 radical (unpaired) electrons. The van der Waals surface area contributed by atoms with Crippen LogP contribution in [0, 0.1) is 13.8 Å². The highest BCUT2D eigenvalue weighted by atomic mass is 16.5. The van der Waals surface area contributed by atoms with Crippen LogP contribution < -0.4 is 10.5 Å². The van der Waals surface area contributed by atoms with Crippen molar-refractivity contribution in [2.45, 2.75) is 46.0 Å². The van der Waals surface area contributed by atoms with Crippen LogP contribution in [0.15, 0.2) is 0 Å². The van der Waals surface area contributed by atoms with Crippen molar-refractivity contribution in [1.82, 2.24) is 0 Å². The second-order valence-corrected chi connectivity index (χ2v) is 4.96. The molecule has 0 spiro atoms. The molecule has 0 aliphatic heterocycles. The van der Waals surface area contributed by atoms with Crippen molar-refractivity contribution in [3.05, 3.63) is 27.8 Å². The molecular formula is C15H23NO. The average Bonchev–Trinajstić information content (AvgIpc) is 2.36. The van der Waals surface area contributed by atoms with E-state index in [2.05, 4.69) is 13.8 Å². The molecule has 0 aromatic heterocycles. The Labute approximate surface area is 104 Å². The molecule has 0 unspecified atom stereocenters. The number of rotatable bonds is 3. The van der Waals surface area contributed by atoms with Crippen molar-refractivity contribution in [3.63, 3.8) is 0 Å². The lowest BCUT2D eigenvalue weighted by Crippen LogP contribution is -2.14. The zero-order valence-corrected chi connectivity index (χ0v) is 11.2. The van der Waals surface area contributed by atoms with Gasteiger partial charge in [-0.2, -0.15) is 0 Å². The number of methoxy groups -OCH3 is 1. The van der Waals surface area contributed by atoms with Crippen LogP contribution in [0.1, 0.15) is 40.7 Å². The summed E-state index contributed by atoms with van der Waals surface area (Å²) in [4.78, 5) is 0. The number of ether oxygens (including phenoxy) is 1. The number of fused-ring (bicyclic) bond motifs is 1. The van der Waals surface area contributed by atoms with Gasteiger partial charge in [0.25, 0.3) is 0 Å². The van der Waals surface area contributed by atoms with Gasteiger partial charge in [-0.05, 0) is 80.3 Å². The van der Waals surface area contributed by atoms with Crippen molar-refractivity contribution < 1.29 is 4.74 Å². The van der Waals surface area contributed by atoms with E-state index in [1.807, 2.05) is 0 Å². The number of hydrogen-bond acceptors (Lipinski definition) is 2. The maximum absolute atomic E-state index is 5.72. The third-order valence-electron chi connectivity index (χ3n) is 4.04. The molecule has 0 saturated heterocycles. The summed E-state index contributed by atoms with van der Waals surface area (Å²) in [6, 6.07) is 0. The van der Waals surface area contributed by atoms with Crippen LogP contribution >= 0.6 is 0 Å². The van der Waals surface area contributed by atoms with E-state index in [4.69, 9.17) is 10.5 Å². The molecule has 17 heavy (non-hydrogen) atoms. The SMILES string of the molecule is COc1c(C)c2c(c(C)c1CCN)CCCC2. The zero-order chi connectivity index (χ0) is 12.4. The quantitative estimate of drug-likeness (QED) is 0.871. The second kappa shape index (κ2) is 5.09. The summed E-state index contributed by atoms with van der Waals surface area (Å²) >= 11 is 0. The summed E-state index contributed by atoms with van der Waals surface area (Å²) in [6.45, 7) is 5.12. The Bertz CT molecular complexity index is 424. The van der Waals surface area contributed by atoms with E-state index >= 15 is 0 Å². The lowest BCUT2D eigenvalue weighted by molar-refractivity contribution is 0.404. The Kier molecular flexibility index (Phi) is 3.72. The van der Waals surface area contributed by atoms with Crippen LogP contribution in [-0.4, -0.2) is 13.7 Å². The molecule has 0 atom stereocenters. The lowest BCUT2D eigenvalue weighted by atomic mass is 9.82. The minimum absolute atomic E-state index is 0.690. The predicted octanol–water partition coefficient (Wildman–Crippen LogP) is 2.69. The van der Waals surface area contributed by atoms with Crippen molar-refractivity contribution in [2.75, 3.05) is 13.7 Å². The maximum Gasteiger partial charge on any atom is 0.125 e. The van der Waals surface area contributed by atoms with Crippen molar-refractivity contribution in [3.8, 4) is 5.75 Å². The molecule has 1 aromatic carbocycles. The van der Waals surface area contributed by atoms with Gasteiger partial charge in [-0.1, -0.05) is 0 Å². The molecular weight excluding hydrogens is 210 g/mol. The van der Waals surface area contributed by atoms with Gasteiger partial charge in [-0.3, -0.25) is 0 Å². The van der Waals surface area contributed by atoms with Gasteiger partial charge < -0.3 is 10.5 Å². The third kappa shape index (κ3) is 2.06. The first-order valence-electron chi connectivity index (χ1n) is 6.58. The summed E-state index contributed by atoms with van der Waals surface area (Å²) in [6.07, 6.45) is 5.99. The largest absolute Gasteiger partial charge is 0.496 e. The number of benzene rings is 1. The van der Waals surface area contributed by atoms with E-state index in [0.717, 1.165) is 12.2 Å². The molecule has 0 bridgehead atoms. The summed E-state index contributed by atoms with van der Waals surface area (Å²) in [5.41, 5.74) is 12.9. The van der Waals surface area contributed by atoms with Gasteiger partial charge in [-0.15, -0.1) is 0 Å². The van der Waals surface area contributed by atoms with Gasteiger partial charge in [0.15, 0.2) is 0 Å². The van der Waals surface area contributed by atoms with Crippen LogP contribution in [0.25, 0.3) is 0 Å². The van der Waals surface area contributed by atoms with Gasteiger partial charge in [0.05, 0.1) is 7.11 Å². The summed E-state index contributed by atoms with van der Waals surface area (Å²) in [7, 11) is 1.77. The average molecular weight is 233 g/mol. The normalized spacial score (nSPS) is 14.6. The molecule has 2 nitrogen and oxygen atoms in total. The molecule has 1 aliphatic rings. The molecule has 0 heterocycles. The Morgan fingerprint density at radius 3 is 2.18 bits per heavy atom. The van der Waals surface area contributed by atoms with Crippen LogP contribution in [0.4, 0.5) is 0 Å². The smallest absolute Gasteiger partial charge is 0.125 e. The van der Waals surface area contributed by atoms with Gasteiger partial charge in [-0.25, -0.2) is 0 Å². The second-order valence-electron chi connectivity index (χ2n) is 4.96. The molecule has 2 heteroatoms. The number of hydrogen-bond donors (Lipinski definition) is 1. The number of nitrogens with two attached hydrogens (primary N) is 1. The van der Waals surface area contributed by atoms with E-state index in [9.17, 15) is 0 Å². The molecule has 94 valence electrons.